The Morgan fingerprint density at radius 3 is 2.68 bits per heavy atom. The molecule has 1 aliphatic rings. The minimum Gasteiger partial charge on any atom is -0.467 e. The van der Waals surface area contributed by atoms with Crippen molar-refractivity contribution in [2.45, 2.75) is 26.1 Å². The maximum Gasteiger partial charge on any atom is 0.225 e. The van der Waals surface area contributed by atoms with E-state index in [4.69, 9.17) is 4.42 Å². The number of rotatable bonds is 7. The van der Waals surface area contributed by atoms with Gasteiger partial charge in [0.1, 0.15) is 5.76 Å². The zero-order valence-electron chi connectivity index (χ0n) is 15.5. The summed E-state index contributed by atoms with van der Waals surface area (Å²) < 4.78 is 7.15. The predicted molar refractivity (Wildman–Crippen MR) is 102 cm³/mol. The van der Waals surface area contributed by atoms with Crippen LogP contribution in [-0.4, -0.2) is 33.0 Å². The zero-order valence-corrected chi connectivity index (χ0v) is 15.5. The van der Waals surface area contributed by atoms with Crippen LogP contribution < -0.4 is 5.32 Å². The first-order valence-electron chi connectivity index (χ1n) is 9.30. The smallest absolute Gasteiger partial charge is 0.225 e. The predicted octanol–water partition coefficient (Wildman–Crippen LogP) is 2.19. The number of hydrogen-bond donors (Lipinski definition) is 1. The van der Waals surface area contributed by atoms with E-state index in [0.29, 0.717) is 19.6 Å². The fourth-order valence-electron chi connectivity index (χ4n) is 3.37. The van der Waals surface area contributed by atoms with Gasteiger partial charge in [-0.1, -0.05) is 24.3 Å². The number of benzene rings is 1. The third kappa shape index (κ3) is 4.31. The molecule has 1 aromatic carbocycles. The van der Waals surface area contributed by atoms with E-state index in [1.54, 1.807) is 23.4 Å². The van der Waals surface area contributed by atoms with Crippen LogP contribution in [0.25, 0.3) is 0 Å². The summed E-state index contributed by atoms with van der Waals surface area (Å²) in [4.78, 5) is 26.3. The maximum absolute atomic E-state index is 12.5. The van der Waals surface area contributed by atoms with Gasteiger partial charge in [0.2, 0.25) is 11.8 Å². The first-order chi connectivity index (χ1) is 13.7. The third-order valence-electron chi connectivity index (χ3n) is 4.91. The molecular weight excluding hydrogens is 356 g/mol. The standard InChI is InChI=1S/C21H22N4O3/c26-20-11-18(14-24(20)15-19-3-1-10-28-19)21(27)22-12-16-4-6-17(7-5-16)13-25-9-2-8-23-25/h1-10,18H,11-15H2,(H,22,27)/t18-/m0/s1. The summed E-state index contributed by atoms with van der Waals surface area (Å²) >= 11 is 0. The lowest BCUT2D eigenvalue weighted by Gasteiger charge is -2.15. The normalized spacial score (nSPS) is 16.5. The van der Waals surface area contributed by atoms with Crippen molar-refractivity contribution in [3.63, 3.8) is 0 Å². The van der Waals surface area contributed by atoms with Crippen molar-refractivity contribution in [1.29, 1.82) is 0 Å². The second-order valence-corrected chi connectivity index (χ2v) is 6.99. The summed E-state index contributed by atoms with van der Waals surface area (Å²) in [7, 11) is 0. The van der Waals surface area contributed by atoms with Gasteiger partial charge >= 0.3 is 0 Å². The van der Waals surface area contributed by atoms with Crippen LogP contribution in [0.2, 0.25) is 0 Å². The van der Waals surface area contributed by atoms with Gasteiger partial charge in [-0.3, -0.25) is 14.3 Å². The van der Waals surface area contributed by atoms with Crippen LogP contribution in [0.15, 0.2) is 65.5 Å². The number of hydrogen-bond acceptors (Lipinski definition) is 4. The lowest BCUT2D eigenvalue weighted by Crippen LogP contribution is -2.32. The third-order valence-corrected chi connectivity index (χ3v) is 4.91. The molecule has 28 heavy (non-hydrogen) atoms. The molecule has 7 heteroatoms. The summed E-state index contributed by atoms with van der Waals surface area (Å²) in [6, 6.07) is 13.6. The van der Waals surface area contributed by atoms with Crippen molar-refractivity contribution in [2.75, 3.05) is 6.54 Å². The number of carbonyl (C=O) groups excluding carboxylic acids is 2. The SMILES string of the molecule is O=C(NCc1ccc(Cn2cccn2)cc1)[C@H]1CC(=O)N(Cc2ccco2)C1. The van der Waals surface area contributed by atoms with Crippen molar-refractivity contribution in [3.05, 3.63) is 78.0 Å². The molecule has 0 unspecified atom stereocenters. The molecule has 4 rings (SSSR count). The van der Waals surface area contributed by atoms with E-state index >= 15 is 0 Å². The van der Waals surface area contributed by atoms with E-state index in [1.807, 2.05) is 47.3 Å². The van der Waals surface area contributed by atoms with Crippen LogP contribution in [0.1, 0.15) is 23.3 Å². The number of furan rings is 1. The molecule has 1 N–H and O–H groups in total. The monoisotopic (exact) mass is 378 g/mol. The quantitative estimate of drug-likeness (QED) is 0.683. The highest BCUT2D eigenvalue weighted by molar-refractivity contribution is 5.89. The molecule has 0 aliphatic carbocycles. The Kier molecular flexibility index (Phi) is 5.23. The Morgan fingerprint density at radius 1 is 1.14 bits per heavy atom. The number of nitrogens with one attached hydrogen (secondary N) is 1. The molecule has 0 radical (unpaired) electrons. The lowest BCUT2D eigenvalue weighted by atomic mass is 10.1. The number of amides is 2. The van der Waals surface area contributed by atoms with E-state index in [0.717, 1.165) is 23.4 Å². The van der Waals surface area contributed by atoms with Gasteiger partial charge in [0.25, 0.3) is 0 Å². The first kappa shape index (κ1) is 18.0. The molecule has 1 atom stereocenters. The summed E-state index contributed by atoms with van der Waals surface area (Å²) in [6.07, 6.45) is 5.51. The van der Waals surface area contributed by atoms with E-state index < -0.39 is 0 Å². The maximum atomic E-state index is 12.5. The number of likely N-dealkylation sites (tertiary alicyclic amines) is 1. The van der Waals surface area contributed by atoms with Crippen LogP contribution in [0, 0.1) is 5.92 Å². The minimum absolute atomic E-state index is 0.0143. The molecule has 1 aliphatic heterocycles. The Morgan fingerprint density at radius 2 is 1.96 bits per heavy atom. The van der Waals surface area contributed by atoms with Gasteiger partial charge in [-0.15, -0.1) is 0 Å². The topological polar surface area (TPSA) is 80.4 Å². The van der Waals surface area contributed by atoms with Crippen LogP contribution >= 0.6 is 0 Å². The molecule has 1 fully saturated rings. The van der Waals surface area contributed by atoms with E-state index in [1.165, 1.54) is 0 Å². The second kappa shape index (κ2) is 8.12. The fraction of sp³-hybridized carbons (Fsp3) is 0.286. The molecule has 1 saturated heterocycles. The van der Waals surface area contributed by atoms with Crippen molar-refractivity contribution < 1.29 is 14.0 Å². The number of nitrogens with zero attached hydrogens (tertiary/aromatic N) is 3. The van der Waals surface area contributed by atoms with Crippen molar-refractivity contribution in [2.24, 2.45) is 5.92 Å². The fourth-order valence-corrected chi connectivity index (χ4v) is 3.37. The Labute approximate surface area is 162 Å². The average Bonchev–Trinajstić information content (AvgIpc) is 3.45. The Hall–Kier alpha value is -3.35. The van der Waals surface area contributed by atoms with Gasteiger partial charge < -0.3 is 14.6 Å². The highest BCUT2D eigenvalue weighted by Crippen LogP contribution is 2.20. The number of carbonyl (C=O) groups is 2. The molecule has 144 valence electrons. The molecule has 7 nitrogen and oxygen atoms in total. The summed E-state index contributed by atoms with van der Waals surface area (Å²) in [6.45, 7) is 2.00. The highest BCUT2D eigenvalue weighted by Gasteiger charge is 2.34. The minimum atomic E-state index is -0.318. The number of aromatic nitrogens is 2. The lowest BCUT2D eigenvalue weighted by molar-refractivity contribution is -0.129. The molecule has 3 aromatic rings. The van der Waals surface area contributed by atoms with Gasteiger partial charge in [-0.2, -0.15) is 5.10 Å². The molecular formula is C21H22N4O3. The molecule has 3 heterocycles. The van der Waals surface area contributed by atoms with Crippen LogP contribution in [-0.2, 0) is 29.2 Å². The molecule has 2 aromatic heterocycles. The largest absolute Gasteiger partial charge is 0.467 e. The van der Waals surface area contributed by atoms with Crippen molar-refractivity contribution in [3.8, 4) is 0 Å². The molecule has 0 saturated carbocycles. The van der Waals surface area contributed by atoms with Crippen LogP contribution in [0.5, 0.6) is 0 Å². The summed E-state index contributed by atoms with van der Waals surface area (Å²) in [5, 5.41) is 7.14. The summed E-state index contributed by atoms with van der Waals surface area (Å²) in [5.74, 6) is 0.307. The van der Waals surface area contributed by atoms with Gasteiger partial charge in [0, 0.05) is 31.9 Å². The van der Waals surface area contributed by atoms with Crippen molar-refractivity contribution >= 4 is 11.8 Å². The van der Waals surface area contributed by atoms with Gasteiger partial charge in [0.05, 0.1) is 25.3 Å². The average molecular weight is 378 g/mol. The van der Waals surface area contributed by atoms with Crippen LogP contribution in [0.3, 0.4) is 0 Å². The summed E-state index contributed by atoms with van der Waals surface area (Å²) in [5.41, 5.74) is 2.17. The van der Waals surface area contributed by atoms with E-state index in [9.17, 15) is 9.59 Å². The van der Waals surface area contributed by atoms with E-state index in [-0.39, 0.29) is 24.2 Å². The highest BCUT2D eigenvalue weighted by atomic mass is 16.3. The van der Waals surface area contributed by atoms with Gasteiger partial charge in [0.15, 0.2) is 0 Å². The molecule has 0 bridgehead atoms. The van der Waals surface area contributed by atoms with Crippen molar-refractivity contribution in [1.82, 2.24) is 20.0 Å². The second-order valence-electron chi connectivity index (χ2n) is 6.99. The van der Waals surface area contributed by atoms with Gasteiger partial charge in [-0.05, 0) is 29.3 Å². The molecule has 2 amide bonds. The Bertz CT molecular complexity index is 917. The first-order valence-corrected chi connectivity index (χ1v) is 9.30. The van der Waals surface area contributed by atoms with Gasteiger partial charge in [-0.25, -0.2) is 0 Å². The Balaban J connectivity index is 1.26. The molecule has 0 spiro atoms. The van der Waals surface area contributed by atoms with E-state index in [2.05, 4.69) is 10.4 Å². The van der Waals surface area contributed by atoms with Crippen LogP contribution in [0.4, 0.5) is 0 Å². The zero-order chi connectivity index (χ0) is 19.3.